The third-order valence-electron chi connectivity index (χ3n) is 8.73. The average Bonchev–Trinajstić information content (AvgIpc) is 3.34. The van der Waals surface area contributed by atoms with Gasteiger partial charge in [-0.05, 0) is 86.2 Å². The molecule has 3 aromatic rings. The van der Waals surface area contributed by atoms with E-state index in [1.165, 1.54) is 18.4 Å². The van der Waals surface area contributed by atoms with Crippen molar-refractivity contribution in [3.63, 3.8) is 0 Å². The molecule has 0 saturated carbocycles. The molecule has 12 heteroatoms. The first-order valence-corrected chi connectivity index (χ1v) is 18.3. The number of hydrogen-bond donors (Lipinski definition) is 1. The van der Waals surface area contributed by atoms with Crippen LogP contribution in [0.2, 0.25) is 0 Å². The van der Waals surface area contributed by atoms with Crippen LogP contribution >= 0.6 is 0 Å². The van der Waals surface area contributed by atoms with Gasteiger partial charge in [0.2, 0.25) is 5.91 Å². The maximum Gasteiger partial charge on any atom is 0.254 e. The maximum absolute atomic E-state index is 15.5. The van der Waals surface area contributed by atoms with Gasteiger partial charge in [-0.25, -0.2) is 12.8 Å². The lowest BCUT2D eigenvalue weighted by Crippen LogP contribution is -2.45. The molecule has 2 fully saturated rings. The van der Waals surface area contributed by atoms with Gasteiger partial charge in [0.1, 0.15) is 27.2 Å². The summed E-state index contributed by atoms with van der Waals surface area (Å²) >= 11 is 0. The second-order valence-corrected chi connectivity index (χ2v) is 15.5. The number of likely N-dealkylation sites (tertiary alicyclic amines) is 2. The van der Waals surface area contributed by atoms with Crippen LogP contribution in [0, 0.1) is 11.7 Å². The minimum absolute atomic E-state index is 0.00212. The van der Waals surface area contributed by atoms with Crippen molar-refractivity contribution < 1.29 is 27.1 Å². The standard InChI is InChI=1S/C35H44FN5O5S/c1-23(2)31-10-11-32(39-38-31)25-6-8-28(9-7-25)46-33-20-29(30(36)19-26(33)22-41-21-24(3)18-34(41)42)35(43)37-27-12-15-40(16-13-27)14-5-17-47(4,44)45/h6-11,19-20,23-24,27H,5,12-18,21-22H2,1-4H3,(H,37,43). The number of carbonyl (C=O) groups excluding carboxylic acids is 2. The fourth-order valence-corrected chi connectivity index (χ4v) is 6.71. The van der Waals surface area contributed by atoms with Crippen LogP contribution in [0.25, 0.3) is 11.3 Å². The summed E-state index contributed by atoms with van der Waals surface area (Å²) in [5.41, 5.74) is 2.85. The molecule has 1 unspecified atom stereocenters. The minimum Gasteiger partial charge on any atom is -0.457 e. The largest absolute Gasteiger partial charge is 0.457 e. The third kappa shape index (κ3) is 9.35. The van der Waals surface area contributed by atoms with Crippen molar-refractivity contribution in [1.82, 2.24) is 25.3 Å². The van der Waals surface area contributed by atoms with Gasteiger partial charge in [-0.1, -0.05) is 20.8 Å². The fraction of sp³-hybridized carbons (Fsp3) is 0.486. The van der Waals surface area contributed by atoms with E-state index in [1.54, 1.807) is 17.0 Å². The molecule has 0 aliphatic carbocycles. The highest BCUT2D eigenvalue weighted by Crippen LogP contribution is 2.32. The topological polar surface area (TPSA) is 122 Å². The summed E-state index contributed by atoms with van der Waals surface area (Å²) in [6.45, 7) is 8.99. The van der Waals surface area contributed by atoms with Gasteiger partial charge in [0.05, 0.1) is 22.7 Å². The first-order chi connectivity index (χ1) is 22.3. The Morgan fingerprint density at radius 1 is 1.09 bits per heavy atom. The van der Waals surface area contributed by atoms with E-state index in [2.05, 4.69) is 34.3 Å². The number of benzene rings is 2. The molecule has 2 aliphatic rings. The number of ether oxygens (including phenoxy) is 1. The molecule has 252 valence electrons. The number of sulfone groups is 1. The Morgan fingerprint density at radius 3 is 2.40 bits per heavy atom. The zero-order chi connectivity index (χ0) is 33.7. The number of hydrogen-bond acceptors (Lipinski definition) is 8. The molecule has 10 nitrogen and oxygen atoms in total. The Kier molecular flexibility index (Phi) is 10.9. The highest BCUT2D eigenvalue weighted by atomic mass is 32.2. The number of aromatic nitrogens is 2. The molecule has 1 aromatic heterocycles. The van der Waals surface area contributed by atoms with E-state index in [9.17, 15) is 18.0 Å². The zero-order valence-electron chi connectivity index (χ0n) is 27.5. The average molecular weight is 666 g/mol. The number of nitrogens with one attached hydrogen (secondary N) is 1. The first-order valence-electron chi connectivity index (χ1n) is 16.3. The summed E-state index contributed by atoms with van der Waals surface area (Å²) in [6.07, 6.45) is 3.61. The monoisotopic (exact) mass is 665 g/mol. The zero-order valence-corrected chi connectivity index (χ0v) is 28.4. The van der Waals surface area contributed by atoms with E-state index in [1.807, 2.05) is 31.2 Å². The van der Waals surface area contributed by atoms with Gasteiger partial charge in [-0.3, -0.25) is 9.59 Å². The van der Waals surface area contributed by atoms with Gasteiger partial charge in [-0.15, -0.1) is 0 Å². The molecule has 1 atom stereocenters. The minimum atomic E-state index is -3.00. The van der Waals surface area contributed by atoms with Gasteiger partial charge in [-0.2, -0.15) is 10.2 Å². The number of nitrogens with zero attached hydrogens (tertiary/aromatic N) is 4. The van der Waals surface area contributed by atoms with Crippen LogP contribution in [-0.2, 0) is 21.2 Å². The van der Waals surface area contributed by atoms with E-state index in [-0.39, 0.29) is 41.6 Å². The molecule has 1 N–H and O–H groups in total. The molecular weight excluding hydrogens is 621 g/mol. The molecule has 2 aliphatic heterocycles. The van der Waals surface area contributed by atoms with Crippen molar-refractivity contribution in [3.05, 3.63) is 71.2 Å². The van der Waals surface area contributed by atoms with Gasteiger partial charge in [0.15, 0.2) is 0 Å². The second-order valence-electron chi connectivity index (χ2n) is 13.2. The molecule has 5 rings (SSSR count). The molecule has 0 radical (unpaired) electrons. The number of rotatable bonds is 12. The Labute approximate surface area is 276 Å². The predicted octanol–water partition coefficient (Wildman–Crippen LogP) is 5.20. The van der Waals surface area contributed by atoms with E-state index < -0.39 is 21.6 Å². The molecule has 2 saturated heterocycles. The maximum atomic E-state index is 15.5. The number of carbonyl (C=O) groups is 2. The van der Waals surface area contributed by atoms with E-state index >= 15 is 4.39 Å². The van der Waals surface area contributed by atoms with Crippen molar-refractivity contribution in [2.45, 2.75) is 65.0 Å². The van der Waals surface area contributed by atoms with Gasteiger partial charge >= 0.3 is 0 Å². The molecule has 3 heterocycles. The van der Waals surface area contributed by atoms with Crippen molar-refractivity contribution in [3.8, 4) is 22.8 Å². The number of amides is 2. The highest BCUT2D eigenvalue weighted by molar-refractivity contribution is 7.90. The lowest BCUT2D eigenvalue weighted by Gasteiger charge is -2.32. The fourth-order valence-electron chi connectivity index (χ4n) is 6.05. The molecule has 0 bridgehead atoms. The van der Waals surface area contributed by atoms with Crippen LogP contribution in [0.1, 0.15) is 74.0 Å². The third-order valence-corrected chi connectivity index (χ3v) is 9.76. The second kappa shape index (κ2) is 14.9. The number of piperidine rings is 1. The van der Waals surface area contributed by atoms with E-state index in [4.69, 9.17) is 4.74 Å². The highest BCUT2D eigenvalue weighted by Gasteiger charge is 2.29. The van der Waals surface area contributed by atoms with Gasteiger partial charge < -0.3 is 19.9 Å². The van der Waals surface area contributed by atoms with E-state index in [0.29, 0.717) is 55.8 Å². The lowest BCUT2D eigenvalue weighted by molar-refractivity contribution is -0.128. The van der Waals surface area contributed by atoms with Crippen LogP contribution < -0.4 is 10.1 Å². The SMILES string of the molecule is CC1CC(=O)N(Cc2cc(F)c(C(=O)NC3CCN(CCCS(C)(=O)=O)CC3)cc2Oc2ccc(-c3ccc(C(C)C)nn3)cc2)C1. The normalized spacial score (nSPS) is 17.8. The summed E-state index contributed by atoms with van der Waals surface area (Å²) in [4.78, 5) is 29.8. The molecule has 2 amide bonds. The summed E-state index contributed by atoms with van der Waals surface area (Å²) in [7, 11) is -3.00. The Morgan fingerprint density at radius 2 is 1.81 bits per heavy atom. The predicted molar refractivity (Wildman–Crippen MR) is 178 cm³/mol. The first kappa shape index (κ1) is 34.4. The molecule has 0 spiro atoms. The Hall–Kier alpha value is -3.90. The Bertz CT molecular complexity index is 1670. The molecular formula is C35H44FN5O5S. The van der Waals surface area contributed by atoms with Crippen LogP contribution in [0.4, 0.5) is 4.39 Å². The van der Waals surface area contributed by atoms with Gasteiger partial charge in [0, 0.05) is 56.0 Å². The summed E-state index contributed by atoms with van der Waals surface area (Å²) < 4.78 is 44.7. The van der Waals surface area contributed by atoms with Crippen molar-refractivity contribution in [2.75, 3.05) is 38.2 Å². The van der Waals surface area contributed by atoms with E-state index in [0.717, 1.165) is 30.0 Å². The van der Waals surface area contributed by atoms with Crippen LogP contribution in [-0.4, -0.2) is 84.5 Å². The van der Waals surface area contributed by atoms with Crippen LogP contribution in [0.3, 0.4) is 0 Å². The van der Waals surface area contributed by atoms with Crippen molar-refractivity contribution in [1.29, 1.82) is 0 Å². The summed E-state index contributed by atoms with van der Waals surface area (Å²) in [5, 5.41) is 11.6. The van der Waals surface area contributed by atoms with Crippen molar-refractivity contribution in [2.24, 2.45) is 5.92 Å². The molecule has 2 aromatic carbocycles. The number of halogens is 1. The molecule has 47 heavy (non-hydrogen) atoms. The summed E-state index contributed by atoms with van der Waals surface area (Å²) in [6, 6.07) is 13.8. The van der Waals surface area contributed by atoms with Crippen molar-refractivity contribution >= 4 is 21.7 Å². The summed E-state index contributed by atoms with van der Waals surface area (Å²) in [5.74, 6) is 0.226. The van der Waals surface area contributed by atoms with Crippen LogP contribution in [0.15, 0.2) is 48.5 Å². The quantitative estimate of drug-likeness (QED) is 0.281. The lowest BCUT2D eigenvalue weighted by atomic mass is 10.0. The smallest absolute Gasteiger partial charge is 0.254 e. The van der Waals surface area contributed by atoms with Crippen LogP contribution in [0.5, 0.6) is 11.5 Å². The Balaban J connectivity index is 1.30. The van der Waals surface area contributed by atoms with Gasteiger partial charge in [0.25, 0.3) is 5.91 Å².